The van der Waals surface area contributed by atoms with E-state index in [0.717, 1.165) is 22.5 Å². The van der Waals surface area contributed by atoms with Gasteiger partial charge in [-0.25, -0.2) is 0 Å². The summed E-state index contributed by atoms with van der Waals surface area (Å²) in [6, 6.07) is 9.98. The van der Waals surface area contributed by atoms with E-state index in [2.05, 4.69) is 32.3 Å². The molecule has 88 valence electrons. The second-order valence-electron chi connectivity index (χ2n) is 3.60. The van der Waals surface area contributed by atoms with Gasteiger partial charge in [-0.05, 0) is 39.7 Å². The number of methoxy groups -OCH3 is 1. The molecule has 2 rings (SSSR count). The molecule has 0 radical (unpaired) electrons. The fourth-order valence-electron chi connectivity index (χ4n) is 1.50. The first-order valence-electron chi connectivity index (χ1n) is 5.25. The van der Waals surface area contributed by atoms with Gasteiger partial charge < -0.3 is 10.1 Å². The Morgan fingerprint density at radius 3 is 2.94 bits per heavy atom. The molecule has 0 atom stereocenters. The first kappa shape index (κ1) is 11.9. The molecule has 0 unspecified atom stereocenters. The Kier molecular flexibility index (Phi) is 3.98. The van der Waals surface area contributed by atoms with Gasteiger partial charge in [0.15, 0.2) is 0 Å². The van der Waals surface area contributed by atoms with Gasteiger partial charge in [0.1, 0.15) is 5.75 Å². The van der Waals surface area contributed by atoms with Crippen LogP contribution in [0.2, 0.25) is 0 Å². The molecule has 1 heterocycles. The van der Waals surface area contributed by atoms with Crippen molar-refractivity contribution in [1.29, 1.82) is 0 Å². The number of anilines is 1. The highest BCUT2D eigenvalue weighted by molar-refractivity contribution is 9.10. The summed E-state index contributed by atoms with van der Waals surface area (Å²) >= 11 is 3.39. The Morgan fingerprint density at radius 1 is 1.29 bits per heavy atom. The number of hydrogen-bond donors (Lipinski definition) is 1. The van der Waals surface area contributed by atoms with Gasteiger partial charge in [-0.3, -0.25) is 4.98 Å². The zero-order valence-corrected chi connectivity index (χ0v) is 11.1. The van der Waals surface area contributed by atoms with E-state index in [9.17, 15) is 0 Å². The number of halogens is 1. The van der Waals surface area contributed by atoms with Crippen LogP contribution < -0.4 is 10.1 Å². The van der Waals surface area contributed by atoms with Crippen molar-refractivity contribution in [3.05, 3.63) is 52.8 Å². The molecule has 0 saturated carbocycles. The van der Waals surface area contributed by atoms with E-state index in [4.69, 9.17) is 4.74 Å². The second kappa shape index (κ2) is 5.68. The van der Waals surface area contributed by atoms with Crippen LogP contribution in [0.25, 0.3) is 0 Å². The summed E-state index contributed by atoms with van der Waals surface area (Å²) in [6.07, 6.45) is 3.56. The quantitative estimate of drug-likeness (QED) is 0.937. The van der Waals surface area contributed by atoms with Crippen LogP contribution in [0, 0.1) is 0 Å². The molecular weight excluding hydrogens is 280 g/mol. The van der Waals surface area contributed by atoms with Crippen LogP contribution in [0.15, 0.2) is 47.2 Å². The maximum absolute atomic E-state index is 5.18. The summed E-state index contributed by atoms with van der Waals surface area (Å²) in [6.45, 7) is 0.745. The Labute approximate surface area is 109 Å². The van der Waals surface area contributed by atoms with Crippen molar-refractivity contribution < 1.29 is 4.74 Å². The number of nitrogens with zero attached hydrogens (tertiary/aromatic N) is 1. The van der Waals surface area contributed by atoms with E-state index in [1.807, 2.05) is 24.3 Å². The summed E-state index contributed by atoms with van der Waals surface area (Å²) in [7, 11) is 1.67. The zero-order valence-electron chi connectivity index (χ0n) is 9.48. The molecule has 0 bridgehead atoms. The lowest BCUT2D eigenvalue weighted by Gasteiger charge is -2.07. The van der Waals surface area contributed by atoms with Gasteiger partial charge in [0.2, 0.25) is 0 Å². The minimum absolute atomic E-state index is 0.745. The Balaban J connectivity index is 2.02. The molecule has 1 aromatic heterocycles. The predicted octanol–water partition coefficient (Wildman–Crippen LogP) is 3.46. The molecule has 0 fully saturated rings. The van der Waals surface area contributed by atoms with Gasteiger partial charge in [0, 0.05) is 17.2 Å². The third kappa shape index (κ3) is 3.46. The number of hydrogen-bond acceptors (Lipinski definition) is 3. The van der Waals surface area contributed by atoms with Gasteiger partial charge in [0.05, 0.1) is 19.0 Å². The lowest BCUT2D eigenvalue weighted by molar-refractivity contribution is 0.414. The van der Waals surface area contributed by atoms with Gasteiger partial charge in [0.25, 0.3) is 0 Å². The lowest BCUT2D eigenvalue weighted by atomic mass is 10.2. The van der Waals surface area contributed by atoms with E-state index in [1.165, 1.54) is 5.56 Å². The fourth-order valence-corrected chi connectivity index (χ4v) is 1.86. The average Bonchev–Trinajstić information content (AvgIpc) is 2.37. The van der Waals surface area contributed by atoms with Gasteiger partial charge >= 0.3 is 0 Å². The number of benzene rings is 1. The molecule has 3 nitrogen and oxygen atoms in total. The Bertz CT molecular complexity index is 502. The highest BCUT2D eigenvalue weighted by Gasteiger charge is 1.97. The molecule has 1 aromatic carbocycles. The molecule has 2 aromatic rings. The molecular formula is C13H13BrN2O. The zero-order chi connectivity index (χ0) is 12.1. The summed E-state index contributed by atoms with van der Waals surface area (Å²) < 4.78 is 6.14. The molecule has 0 saturated heterocycles. The van der Waals surface area contributed by atoms with E-state index < -0.39 is 0 Å². The number of rotatable bonds is 4. The van der Waals surface area contributed by atoms with Crippen molar-refractivity contribution in [3.63, 3.8) is 0 Å². The van der Waals surface area contributed by atoms with Crippen LogP contribution in [0.1, 0.15) is 5.56 Å². The van der Waals surface area contributed by atoms with Crippen LogP contribution in [0.4, 0.5) is 5.69 Å². The van der Waals surface area contributed by atoms with E-state index >= 15 is 0 Å². The third-order valence-corrected chi connectivity index (χ3v) is 2.77. The average molecular weight is 293 g/mol. The number of aromatic nitrogens is 1. The van der Waals surface area contributed by atoms with E-state index in [1.54, 1.807) is 19.5 Å². The monoisotopic (exact) mass is 292 g/mol. The van der Waals surface area contributed by atoms with Gasteiger partial charge in [-0.15, -0.1) is 0 Å². The lowest BCUT2D eigenvalue weighted by Crippen LogP contribution is -1.99. The molecule has 0 amide bonds. The van der Waals surface area contributed by atoms with Crippen LogP contribution in [0.3, 0.4) is 0 Å². The molecule has 17 heavy (non-hydrogen) atoms. The molecule has 0 aliphatic carbocycles. The predicted molar refractivity (Wildman–Crippen MR) is 72.3 cm³/mol. The Morgan fingerprint density at radius 2 is 2.18 bits per heavy atom. The SMILES string of the molecule is COc1cccc(CNc2cncc(Br)c2)c1. The van der Waals surface area contributed by atoms with Gasteiger partial charge in [-0.2, -0.15) is 0 Å². The number of nitrogens with one attached hydrogen (secondary N) is 1. The highest BCUT2D eigenvalue weighted by atomic mass is 79.9. The maximum Gasteiger partial charge on any atom is 0.119 e. The smallest absolute Gasteiger partial charge is 0.119 e. The molecule has 4 heteroatoms. The number of pyridine rings is 1. The van der Waals surface area contributed by atoms with Crippen molar-refractivity contribution in [3.8, 4) is 5.75 Å². The minimum atomic E-state index is 0.745. The largest absolute Gasteiger partial charge is 0.497 e. The Hall–Kier alpha value is -1.55. The minimum Gasteiger partial charge on any atom is -0.497 e. The van der Waals surface area contributed by atoms with E-state index in [-0.39, 0.29) is 0 Å². The van der Waals surface area contributed by atoms with Crippen LogP contribution in [-0.4, -0.2) is 12.1 Å². The van der Waals surface area contributed by atoms with Crippen molar-refractivity contribution in [1.82, 2.24) is 4.98 Å². The van der Waals surface area contributed by atoms with Crippen molar-refractivity contribution >= 4 is 21.6 Å². The topological polar surface area (TPSA) is 34.1 Å². The maximum atomic E-state index is 5.18. The van der Waals surface area contributed by atoms with Crippen LogP contribution >= 0.6 is 15.9 Å². The third-order valence-electron chi connectivity index (χ3n) is 2.34. The molecule has 1 N–H and O–H groups in total. The summed E-state index contributed by atoms with van der Waals surface area (Å²) in [5.74, 6) is 0.872. The van der Waals surface area contributed by atoms with Gasteiger partial charge in [-0.1, -0.05) is 12.1 Å². The van der Waals surface area contributed by atoms with Crippen molar-refractivity contribution in [2.24, 2.45) is 0 Å². The fraction of sp³-hybridized carbons (Fsp3) is 0.154. The van der Waals surface area contributed by atoms with Crippen LogP contribution in [-0.2, 0) is 6.54 Å². The first-order chi connectivity index (χ1) is 8.28. The second-order valence-corrected chi connectivity index (χ2v) is 4.51. The highest BCUT2D eigenvalue weighted by Crippen LogP contribution is 2.16. The molecule has 0 spiro atoms. The van der Waals surface area contributed by atoms with Crippen molar-refractivity contribution in [2.45, 2.75) is 6.54 Å². The first-order valence-corrected chi connectivity index (χ1v) is 6.04. The summed E-state index contributed by atoms with van der Waals surface area (Å²) in [5, 5.41) is 3.31. The number of ether oxygens (including phenoxy) is 1. The molecule has 0 aliphatic heterocycles. The van der Waals surface area contributed by atoms with E-state index in [0.29, 0.717) is 0 Å². The summed E-state index contributed by atoms with van der Waals surface area (Å²) in [4.78, 5) is 4.10. The molecule has 0 aliphatic rings. The standard InChI is InChI=1S/C13H13BrN2O/c1-17-13-4-2-3-10(5-13)7-16-12-6-11(14)8-15-9-12/h2-6,8-9,16H,7H2,1H3. The normalized spacial score (nSPS) is 10.0. The van der Waals surface area contributed by atoms with Crippen molar-refractivity contribution in [2.75, 3.05) is 12.4 Å². The summed E-state index contributed by atoms with van der Waals surface area (Å²) in [5.41, 5.74) is 2.16. The van der Waals surface area contributed by atoms with Crippen LogP contribution in [0.5, 0.6) is 5.75 Å².